The van der Waals surface area contributed by atoms with Crippen LogP contribution in [0.5, 0.6) is 0 Å². The Hall–Kier alpha value is -1.71. The van der Waals surface area contributed by atoms with E-state index in [1.165, 1.54) is 31.2 Å². The molecule has 0 unspecified atom stereocenters. The molecule has 0 amide bonds. The highest BCUT2D eigenvalue weighted by molar-refractivity contribution is 7.89. The van der Waals surface area contributed by atoms with Crippen molar-refractivity contribution in [1.82, 2.24) is 4.72 Å². The molecule has 0 aromatic heterocycles. The van der Waals surface area contributed by atoms with Crippen LogP contribution in [0, 0.1) is 11.3 Å². The lowest BCUT2D eigenvalue weighted by molar-refractivity contribution is 0.101. The number of unbranched alkanes of at least 4 members (excludes halogenated alkanes) is 2. The Morgan fingerprint density at radius 3 is 2.42 bits per heavy atom. The van der Waals surface area contributed by atoms with Crippen molar-refractivity contribution in [2.24, 2.45) is 0 Å². The van der Waals surface area contributed by atoms with Crippen molar-refractivity contribution >= 4 is 15.8 Å². The van der Waals surface area contributed by atoms with Crippen molar-refractivity contribution in [3.63, 3.8) is 0 Å². The molecule has 0 saturated carbocycles. The number of ketones is 1. The van der Waals surface area contributed by atoms with E-state index in [4.69, 9.17) is 5.26 Å². The number of nitrogens with zero attached hydrogens (tertiary/aromatic N) is 1. The lowest BCUT2D eigenvalue weighted by Crippen LogP contribution is -2.24. The summed E-state index contributed by atoms with van der Waals surface area (Å²) in [6.07, 6.45) is 1.72. The number of nitriles is 1. The molecular formula is C13H16N2O3S. The first-order valence-corrected chi connectivity index (χ1v) is 7.43. The van der Waals surface area contributed by atoms with Crippen molar-refractivity contribution in [3.8, 4) is 6.07 Å². The molecule has 0 spiro atoms. The Morgan fingerprint density at radius 2 is 1.89 bits per heavy atom. The number of nitrogens with one attached hydrogen (secondary N) is 1. The standard InChI is InChI=1S/C13H16N2O3S/c1-11(16)12-5-7-13(8-6-12)19(17,18)15-10-4-2-3-9-14/h5-8,15H,2-4,10H2,1H3. The topological polar surface area (TPSA) is 87.0 Å². The minimum Gasteiger partial charge on any atom is -0.295 e. The summed E-state index contributed by atoms with van der Waals surface area (Å²) in [6.45, 7) is 1.73. The third kappa shape index (κ3) is 4.81. The molecule has 0 aliphatic carbocycles. The van der Waals surface area contributed by atoms with E-state index < -0.39 is 10.0 Å². The van der Waals surface area contributed by atoms with E-state index in [2.05, 4.69) is 4.72 Å². The van der Waals surface area contributed by atoms with Crippen LogP contribution in [0.2, 0.25) is 0 Å². The van der Waals surface area contributed by atoms with Crippen LogP contribution in [-0.2, 0) is 10.0 Å². The van der Waals surface area contributed by atoms with Gasteiger partial charge in [0.05, 0.1) is 11.0 Å². The maximum Gasteiger partial charge on any atom is 0.240 e. The van der Waals surface area contributed by atoms with E-state index in [0.29, 0.717) is 31.4 Å². The van der Waals surface area contributed by atoms with Gasteiger partial charge in [0.25, 0.3) is 0 Å². The van der Waals surface area contributed by atoms with Crippen molar-refractivity contribution in [1.29, 1.82) is 5.26 Å². The van der Waals surface area contributed by atoms with E-state index in [9.17, 15) is 13.2 Å². The molecule has 5 nitrogen and oxygen atoms in total. The van der Waals surface area contributed by atoms with Gasteiger partial charge in [0.1, 0.15) is 0 Å². The molecule has 0 fully saturated rings. The molecule has 0 aliphatic rings. The maximum absolute atomic E-state index is 11.9. The van der Waals surface area contributed by atoms with Crippen LogP contribution in [-0.4, -0.2) is 20.7 Å². The van der Waals surface area contributed by atoms with Crippen molar-refractivity contribution < 1.29 is 13.2 Å². The summed E-state index contributed by atoms with van der Waals surface area (Å²) >= 11 is 0. The molecule has 19 heavy (non-hydrogen) atoms. The minimum atomic E-state index is -3.53. The fourth-order valence-corrected chi connectivity index (χ4v) is 2.56. The quantitative estimate of drug-likeness (QED) is 0.610. The maximum atomic E-state index is 11.9. The van der Waals surface area contributed by atoms with Gasteiger partial charge in [0.2, 0.25) is 10.0 Å². The normalized spacial score (nSPS) is 10.9. The van der Waals surface area contributed by atoms with Crippen LogP contribution in [0.25, 0.3) is 0 Å². The number of rotatable bonds is 7. The largest absolute Gasteiger partial charge is 0.295 e. The second-order valence-electron chi connectivity index (χ2n) is 4.09. The van der Waals surface area contributed by atoms with Crippen LogP contribution >= 0.6 is 0 Å². The first-order chi connectivity index (χ1) is 8.97. The van der Waals surface area contributed by atoms with Crippen molar-refractivity contribution in [2.75, 3.05) is 6.54 Å². The van der Waals surface area contributed by atoms with E-state index >= 15 is 0 Å². The Bertz CT molecular complexity index is 571. The molecule has 0 radical (unpaired) electrons. The SMILES string of the molecule is CC(=O)c1ccc(S(=O)(=O)NCCCCC#N)cc1. The minimum absolute atomic E-state index is 0.103. The zero-order valence-corrected chi connectivity index (χ0v) is 11.5. The molecule has 0 bridgehead atoms. The average Bonchev–Trinajstić information content (AvgIpc) is 2.38. The van der Waals surface area contributed by atoms with Gasteiger partial charge in [0, 0.05) is 18.5 Å². The summed E-state index contributed by atoms with van der Waals surface area (Å²) in [7, 11) is -3.53. The van der Waals surface area contributed by atoms with Crippen LogP contribution < -0.4 is 4.72 Å². The zero-order chi connectivity index (χ0) is 14.3. The number of carbonyl (C=O) groups is 1. The lowest BCUT2D eigenvalue weighted by atomic mass is 10.2. The molecular weight excluding hydrogens is 264 g/mol. The molecule has 1 aromatic rings. The average molecular weight is 280 g/mol. The molecule has 1 rings (SSSR count). The summed E-state index contributed by atoms with van der Waals surface area (Å²) < 4.78 is 26.2. The fourth-order valence-electron chi connectivity index (χ4n) is 1.49. The Balaban J connectivity index is 2.62. The number of Topliss-reactive ketones (excluding diaryl/α,β-unsaturated/α-hetero) is 1. The molecule has 102 valence electrons. The molecule has 0 saturated heterocycles. The number of carbonyl (C=O) groups excluding carboxylic acids is 1. The lowest BCUT2D eigenvalue weighted by Gasteiger charge is -2.06. The Morgan fingerprint density at radius 1 is 1.26 bits per heavy atom. The number of sulfonamides is 1. The number of benzene rings is 1. The third-order valence-electron chi connectivity index (χ3n) is 2.58. The van der Waals surface area contributed by atoms with E-state index in [1.807, 2.05) is 6.07 Å². The van der Waals surface area contributed by atoms with Gasteiger partial charge in [-0.15, -0.1) is 0 Å². The summed E-state index contributed by atoms with van der Waals surface area (Å²) in [6, 6.07) is 7.81. The summed E-state index contributed by atoms with van der Waals surface area (Å²) in [5.41, 5.74) is 0.480. The van der Waals surface area contributed by atoms with Gasteiger partial charge in [-0.05, 0) is 31.9 Å². The van der Waals surface area contributed by atoms with E-state index in [1.54, 1.807) is 0 Å². The summed E-state index contributed by atoms with van der Waals surface area (Å²) in [5.74, 6) is -0.103. The van der Waals surface area contributed by atoms with Crippen LogP contribution in [0.3, 0.4) is 0 Å². The Kier molecular flexibility index (Phi) is 5.67. The summed E-state index contributed by atoms with van der Waals surface area (Å²) in [4.78, 5) is 11.2. The first kappa shape index (κ1) is 15.3. The Labute approximate surface area is 113 Å². The van der Waals surface area contributed by atoms with Gasteiger partial charge in [-0.1, -0.05) is 12.1 Å². The van der Waals surface area contributed by atoms with E-state index in [-0.39, 0.29) is 10.7 Å². The van der Waals surface area contributed by atoms with Crippen molar-refractivity contribution in [3.05, 3.63) is 29.8 Å². The van der Waals surface area contributed by atoms with Crippen LogP contribution in [0.4, 0.5) is 0 Å². The van der Waals surface area contributed by atoms with Gasteiger partial charge < -0.3 is 0 Å². The highest BCUT2D eigenvalue weighted by atomic mass is 32.2. The molecule has 0 heterocycles. The van der Waals surface area contributed by atoms with Gasteiger partial charge in [-0.3, -0.25) is 4.79 Å². The smallest absolute Gasteiger partial charge is 0.240 e. The number of hydrogen-bond acceptors (Lipinski definition) is 4. The van der Waals surface area contributed by atoms with E-state index in [0.717, 1.165) is 0 Å². The number of hydrogen-bond donors (Lipinski definition) is 1. The first-order valence-electron chi connectivity index (χ1n) is 5.95. The van der Waals surface area contributed by atoms with Gasteiger partial charge in [0.15, 0.2) is 5.78 Å². The van der Waals surface area contributed by atoms with Crippen LogP contribution in [0.1, 0.15) is 36.5 Å². The molecule has 1 aromatic carbocycles. The fraction of sp³-hybridized carbons (Fsp3) is 0.385. The van der Waals surface area contributed by atoms with Crippen LogP contribution in [0.15, 0.2) is 29.2 Å². The monoisotopic (exact) mass is 280 g/mol. The van der Waals surface area contributed by atoms with Gasteiger partial charge in [-0.25, -0.2) is 13.1 Å². The second kappa shape index (κ2) is 7.02. The van der Waals surface area contributed by atoms with Crippen molar-refractivity contribution in [2.45, 2.75) is 31.1 Å². The highest BCUT2D eigenvalue weighted by Crippen LogP contribution is 2.11. The van der Waals surface area contributed by atoms with Gasteiger partial charge in [-0.2, -0.15) is 5.26 Å². The third-order valence-corrected chi connectivity index (χ3v) is 4.06. The molecule has 1 N–H and O–H groups in total. The predicted octanol–water partition coefficient (Wildman–Crippen LogP) is 1.86. The van der Waals surface area contributed by atoms with Gasteiger partial charge >= 0.3 is 0 Å². The zero-order valence-electron chi connectivity index (χ0n) is 10.7. The predicted molar refractivity (Wildman–Crippen MR) is 71.1 cm³/mol. The molecule has 0 aliphatic heterocycles. The summed E-state index contributed by atoms with van der Waals surface area (Å²) in [5, 5.41) is 8.36. The molecule has 0 atom stereocenters. The second-order valence-corrected chi connectivity index (χ2v) is 5.86. The highest BCUT2D eigenvalue weighted by Gasteiger charge is 2.13. The molecule has 6 heteroatoms.